The van der Waals surface area contributed by atoms with Crippen molar-refractivity contribution < 1.29 is 13.9 Å². The van der Waals surface area contributed by atoms with Crippen molar-refractivity contribution in [3.8, 4) is 0 Å². The van der Waals surface area contributed by atoms with Gasteiger partial charge in [-0.05, 0) is 37.6 Å². The number of rotatable bonds is 6. The second-order valence-corrected chi connectivity index (χ2v) is 7.53. The lowest BCUT2D eigenvalue weighted by Crippen LogP contribution is -2.54. The molecule has 2 unspecified atom stereocenters. The molecule has 0 bridgehead atoms. The topological polar surface area (TPSA) is 62.4 Å². The summed E-state index contributed by atoms with van der Waals surface area (Å²) in [6, 6.07) is 5.65. The fraction of sp³-hybridized carbons (Fsp3) is 0.455. The van der Waals surface area contributed by atoms with E-state index >= 15 is 0 Å². The minimum absolute atomic E-state index is 0.0156. The number of methoxy groups -OCH3 is 1. The molecule has 2 atom stereocenters. The Morgan fingerprint density at radius 2 is 2.07 bits per heavy atom. The number of piperazine rings is 1. The van der Waals surface area contributed by atoms with Crippen LogP contribution in [0.25, 0.3) is 16.5 Å². The van der Waals surface area contributed by atoms with E-state index in [9.17, 15) is 4.39 Å². The lowest BCUT2D eigenvalue weighted by molar-refractivity contribution is -0.211. The summed E-state index contributed by atoms with van der Waals surface area (Å²) in [4.78, 5) is 2.31. The van der Waals surface area contributed by atoms with Gasteiger partial charge >= 0.3 is 0 Å². The van der Waals surface area contributed by atoms with Gasteiger partial charge < -0.3 is 14.8 Å². The third kappa shape index (κ3) is 3.88. The zero-order valence-electron chi connectivity index (χ0n) is 17.2. The molecule has 2 heterocycles. The number of ether oxygens (including phenoxy) is 2. The molecular formula is C22H28FN4O2. The molecule has 6 nitrogen and oxygen atoms in total. The van der Waals surface area contributed by atoms with Gasteiger partial charge in [-0.25, -0.2) is 4.39 Å². The van der Waals surface area contributed by atoms with Gasteiger partial charge in [0.1, 0.15) is 11.9 Å². The molecule has 155 valence electrons. The highest BCUT2D eigenvalue weighted by atomic mass is 19.1. The molecule has 2 N–H and O–H groups in total. The second kappa shape index (κ2) is 8.36. The van der Waals surface area contributed by atoms with Crippen LogP contribution in [0.15, 0.2) is 36.4 Å². The summed E-state index contributed by atoms with van der Waals surface area (Å²) >= 11 is 0. The number of aromatic nitrogens is 2. The number of hydrogen-bond donors (Lipinski definition) is 2. The zero-order valence-corrected chi connectivity index (χ0v) is 17.2. The Kier molecular flexibility index (Phi) is 5.83. The summed E-state index contributed by atoms with van der Waals surface area (Å²) in [5.41, 5.74) is 2.30. The maximum absolute atomic E-state index is 13.6. The molecule has 1 radical (unpaired) electrons. The van der Waals surface area contributed by atoms with Crippen LogP contribution in [-0.4, -0.2) is 60.3 Å². The van der Waals surface area contributed by atoms with Crippen LogP contribution in [0.1, 0.15) is 26.0 Å². The summed E-state index contributed by atoms with van der Waals surface area (Å²) < 4.78 is 26.1. The molecule has 7 heteroatoms. The van der Waals surface area contributed by atoms with E-state index in [2.05, 4.69) is 40.3 Å². The van der Waals surface area contributed by atoms with Crippen molar-refractivity contribution in [3.05, 3.63) is 54.0 Å². The Bertz CT molecular complexity index is 919. The van der Waals surface area contributed by atoms with Crippen LogP contribution in [0.2, 0.25) is 0 Å². The Labute approximate surface area is 170 Å². The lowest BCUT2D eigenvalue weighted by Gasteiger charge is -2.45. The molecule has 1 fully saturated rings. The predicted molar refractivity (Wildman–Crippen MR) is 111 cm³/mol. The number of hydrogen-bond acceptors (Lipinski definition) is 5. The van der Waals surface area contributed by atoms with E-state index in [0.717, 1.165) is 55.3 Å². The monoisotopic (exact) mass is 399 g/mol. The van der Waals surface area contributed by atoms with Crippen molar-refractivity contribution in [1.82, 2.24) is 20.4 Å². The number of benzene rings is 1. The number of nitrogens with zero attached hydrogens (tertiary/aromatic N) is 2. The van der Waals surface area contributed by atoms with E-state index in [1.54, 1.807) is 13.2 Å². The summed E-state index contributed by atoms with van der Waals surface area (Å²) in [5, 5.41) is 11.6. The molecule has 4 rings (SSSR count). The normalized spacial score (nSPS) is 24.8. The SMILES string of the molecule is CCC(C)OC1(OC)C=C(c2n[nH]c3cc(F)ccc23)C=C[C]1N1CCNCC1. The van der Waals surface area contributed by atoms with Gasteiger partial charge in [0.15, 0.2) is 0 Å². The predicted octanol–water partition coefficient (Wildman–Crippen LogP) is 3.25. The molecule has 0 spiro atoms. The van der Waals surface area contributed by atoms with Gasteiger partial charge in [-0.2, -0.15) is 5.10 Å². The molecule has 29 heavy (non-hydrogen) atoms. The van der Waals surface area contributed by atoms with Crippen molar-refractivity contribution in [2.24, 2.45) is 0 Å². The molecule has 2 aromatic rings. The zero-order chi connectivity index (χ0) is 20.4. The first-order chi connectivity index (χ1) is 14.1. The highest BCUT2D eigenvalue weighted by Gasteiger charge is 2.45. The quantitative estimate of drug-likeness (QED) is 0.730. The fourth-order valence-electron chi connectivity index (χ4n) is 3.89. The largest absolute Gasteiger partial charge is 0.348 e. The van der Waals surface area contributed by atoms with Crippen LogP contribution in [-0.2, 0) is 9.47 Å². The van der Waals surface area contributed by atoms with Gasteiger partial charge in [-0.15, -0.1) is 0 Å². The van der Waals surface area contributed by atoms with Crippen LogP contribution >= 0.6 is 0 Å². The van der Waals surface area contributed by atoms with Crippen molar-refractivity contribution in [2.75, 3.05) is 33.3 Å². The van der Waals surface area contributed by atoms with Crippen molar-refractivity contribution >= 4 is 16.5 Å². The smallest absolute Gasteiger partial charge is 0.213 e. The maximum atomic E-state index is 13.6. The number of H-pyrrole nitrogens is 1. The van der Waals surface area contributed by atoms with E-state index in [-0.39, 0.29) is 11.9 Å². The van der Waals surface area contributed by atoms with Crippen LogP contribution in [0.3, 0.4) is 0 Å². The van der Waals surface area contributed by atoms with Crippen LogP contribution in [0.5, 0.6) is 0 Å². The number of nitrogens with one attached hydrogen (secondary N) is 2. The Morgan fingerprint density at radius 1 is 1.28 bits per heavy atom. The van der Waals surface area contributed by atoms with Gasteiger partial charge in [0.25, 0.3) is 0 Å². The van der Waals surface area contributed by atoms with Gasteiger partial charge in [-0.3, -0.25) is 10.00 Å². The average molecular weight is 399 g/mol. The summed E-state index contributed by atoms with van der Waals surface area (Å²) in [6.07, 6.45) is 6.98. The fourth-order valence-corrected chi connectivity index (χ4v) is 3.89. The third-order valence-corrected chi connectivity index (χ3v) is 5.63. The minimum atomic E-state index is -0.998. The van der Waals surface area contributed by atoms with E-state index in [0.29, 0.717) is 5.52 Å². The van der Waals surface area contributed by atoms with Gasteiger partial charge in [0.2, 0.25) is 5.79 Å². The van der Waals surface area contributed by atoms with Crippen LogP contribution < -0.4 is 5.32 Å². The molecule has 0 amide bonds. The molecule has 1 aromatic heterocycles. The molecule has 1 aliphatic carbocycles. The van der Waals surface area contributed by atoms with Crippen molar-refractivity contribution in [3.63, 3.8) is 0 Å². The number of halogens is 1. The van der Waals surface area contributed by atoms with Gasteiger partial charge in [0, 0.05) is 44.2 Å². The first kappa shape index (κ1) is 20.2. The Morgan fingerprint density at radius 3 is 2.79 bits per heavy atom. The summed E-state index contributed by atoms with van der Waals surface area (Å²) in [5.74, 6) is -1.29. The molecule has 1 aromatic carbocycles. The standard InChI is InChI=1S/C22H28FN4O2/c1-4-15(2)29-22(28-3)14-16(5-8-20(22)27-11-9-24-10-12-27)21-18-7-6-17(23)13-19(18)25-26-21/h5-8,13-15,24H,4,9-12H2,1-3H3,(H,25,26). The van der Waals surface area contributed by atoms with E-state index < -0.39 is 5.79 Å². The molecular weight excluding hydrogens is 371 g/mol. The van der Waals surface area contributed by atoms with E-state index in [1.807, 2.05) is 12.2 Å². The van der Waals surface area contributed by atoms with Crippen LogP contribution in [0.4, 0.5) is 4.39 Å². The third-order valence-electron chi connectivity index (χ3n) is 5.63. The highest BCUT2D eigenvalue weighted by molar-refractivity contribution is 5.93. The molecule has 2 aliphatic rings. The van der Waals surface area contributed by atoms with Crippen molar-refractivity contribution in [2.45, 2.75) is 32.2 Å². The number of allylic oxidation sites excluding steroid dienone is 2. The summed E-state index contributed by atoms with van der Waals surface area (Å²) in [7, 11) is 1.68. The lowest BCUT2D eigenvalue weighted by atomic mass is 9.91. The van der Waals surface area contributed by atoms with Crippen LogP contribution in [0, 0.1) is 11.9 Å². The van der Waals surface area contributed by atoms with E-state index in [1.165, 1.54) is 12.1 Å². The maximum Gasteiger partial charge on any atom is 0.213 e. The molecule has 1 aliphatic heterocycles. The Hall–Kier alpha value is -2.06. The average Bonchev–Trinajstić information content (AvgIpc) is 3.17. The molecule has 1 saturated heterocycles. The summed E-state index contributed by atoms with van der Waals surface area (Å²) in [6.45, 7) is 7.77. The first-order valence-corrected chi connectivity index (χ1v) is 10.2. The Balaban J connectivity index is 1.76. The molecule has 0 saturated carbocycles. The van der Waals surface area contributed by atoms with Gasteiger partial charge in [0.05, 0.1) is 17.3 Å². The van der Waals surface area contributed by atoms with Gasteiger partial charge in [-0.1, -0.05) is 19.1 Å². The number of aromatic amines is 1. The van der Waals surface area contributed by atoms with E-state index in [4.69, 9.17) is 9.47 Å². The second-order valence-electron chi connectivity index (χ2n) is 7.53. The highest BCUT2D eigenvalue weighted by Crippen LogP contribution is 2.40. The van der Waals surface area contributed by atoms with Crippen molar-refractivity contribution in [1.29, 1.82) is 0 Å². The first-order valence-electron chi connectivity index (χ1n) is 10.2. The number of fused-ring (bicyclic) bond motifs is 1. The minimum Gasteiger partial charge on any atom is -0.348 e.